The minimum absolute atomic E-state index is 0.144. The molecule has 0 aromatic rings. The molecular formula is C9H14OS3. The number of thioether (sulfide) groups is 3. The van der Waals surface area contributed by atoms with Crippen LogP contribution in [0, 0.1) is 0 Å². The van der Waals surface area contributed by atoms with Crippen molar-refractivity contribution in [3.8, 4) is 0 Å². The van der Waals surface area contributed by atoms with E-state index in [4.69, 9.17) is 0 Å². The van der Waals surface area contributed by atoms with Gasteiger partial charge in [0.05, 0.1) is 0 Å². The maximum atomic E-state index is 11.2. The van der Waals surface area contributed by atoms with Crippen LogP contribution in [0.1, 0.15) is 13.8 Å². The topological polar surface area (TPSA) is 17.1 Å². The van der Waals surface area contributed by atoms with E-state index in [-0.39, 0.29) is 5.12 Å². The zero-order valence-corrected chi connectivity index (χ0v) is 10.4. The van der Waals surface area contributed by atoms with Gasteiger partial charge in [-0.25, -0.2) is 0 Å². The zero-order chi connectivity index (χ0) is 9.84. The summed E-state index contributed by atoms with van der Waals surface area (Å²) < 4.78 is 0.700. The van der Waals surface area contributed by atoms with E-state index in [1.54, 1.807) is 6.92 Å². The summed E-state index contributed by atoms with van der Waals surface area (Å²) in [5.74, 6) is 2.12. The summed E-state index contributed by atoms with van der Waals surface area (Å²) in [5, 5.41) is 0.790. The molecule has 1 fully saturated rings. The van der Waals surface area contributed by atoms with Crippen LogP contribution in [0.5, 0.6) is 0 Å². The van der Waals surface area contributed by atoms with Crippen LogP contribution in [-0.2, 0) is 4.79 Å². The molecule has 0 aromatic carbocycles. The predicted octanol–water partition coefficient (Wildman–Crippen LogP) is 3.02. The van der Waals surface area contributed by atoms with Crippen LogP contribution in [-0.4, -0.2) is 26.5 Å². The van der Waals surface area contributed by atoms with Gasteiger partial charge in [-0.05, 0) is 19.4 Å². The summed E-state index contributed by atoms with van der Waals surface area (Å²) in [6, 6.07) is 0. The van der Waals surface area contributed by atoms with E-state index >= 15 is 0 Å². The standard InChI is InChI=1S/C9H14OS3/c1-6(2)9(10)12-5-8-4-11-7(3)13-8/h7-8H,1,4-5H2,2-3H3. The zero-order valence-electron chi connectivity index (χ0n) is 7.91. The van der Waals surface area contributed by atoms with E-state index in [1.807, 2.05) is 23.5 Å². The van der Waals surface area contributed by atoms with Crippen LogP contribution < -0.4 is 0 Å². The van der Waals surface area contributed by atoms with Crippen molar-refractivity contribution in [2.24, 2.45) is 0 Å². The van der Waals surface area contributed by atoms with Gasteiger partial charge in [-0.15, -0.1) is 23.5 Å². The van der Waals surface area contributed by atoms with Gasteiger partial charge in [-0.1, -0.05) is 18.3 Å². The summed E-state index contributed by atoms with van der Waals surface area (Å²) in [4.78, 5) is 11.2. The number of hydrogen-bond donors (Lipinski definition) is 0. The van der Waals surface area contributed by atoms with Crippen LogP contribution >= 0.6 is 35.3 Å². The van der Waals surface area contributed by atoms with Crippen molar-refractivity contribution in [3.63, 3.8) is 0 Å². The SMILES string of the molecule is C=C(C)C(=O)SCC1CSC(C)S1. The fourth-order valence-electron chi connectivity index (χ4n) is 0.972. The molecule has 0 aromatic heterocycles. The first-order valence-corrected chi connectivity index (χ1v) is 7.17. The molecule has 13 heavy (non-hydrogen) atoms. The molecule has 1 aliphatic rings. The number of hydrogen-bond acceptors (Lipinski definition) is 4. The van der Waals surface area contributed by atoms with Gasteiger partial charge in [-0.3, -0.25) is 4.79 Å². The Morgan fingerprint density at radius 1 is 1.69 bits per heavy atom. The van der Waals surface area contributed by atoms with Crippen molar-refractivity contribution in [1.82, 2.24) is 0 Å². The molecule has 4 heteroatoms. The normalized spacial score (nSPS) is 27.5. The van der Waals surface area contributed by atoms with Gasteiger partial charge in [0.1, 0.15) is 0 Å². The quantitative estimate of drug-likeness (QED) is 0.698. The summed E-state index contributed by atoms with van der Waals surface area (Å²) in [6.07, 6.45) is 0. The summed E-state index contributed by atoms with van der Waals surface area (Å²) >= 11 is 5.37. The average Bonchev–Trinajstić information content (AvgIpc) is 2.47. The summed E-state index contributed by atoms with van der Waals surface area (Å²) in [6.45, 7) is 7.63. The molecule has 2 unspecified atom stereocenters. The molecule has 0 bridgehead atoms. The second-order valence-corrected chi connectivity index (χ2v) is 7.35. The monoisotopic (exact) mass is 234 g/mol. The number of rotatable bonds is 3. The Morgan fingerprint density at radius 3 is 2.85 bits per heavy atom. The van der Waals surface area contributed by atoms with E-state index in [1.165, 1.54) is 17.5 Å². The van der Waals surface area contributed by atoms with Gasteiger partial charge in [0.25, 0.3) is 0 Å². The lowest BCUT2D eigenvalue weighted by Gasteiger charge is -2.06. The molecule has 1 rings (SSSR count). The molecule has 0 spiro atoms. The molecule has 1 aliphatic heterocycles. The van der Waals surface area contributed by atoms with E-state index in [0.29, 0.717) is 15.4 Å². The second kappa shape index (κ2) is 5.37. The molecule has 0 amide bonds. The third-order valence-electron chi connectivity index (χ3n) is 1.65. The van der Waals surface area contributed by atoms with E-state index in [9.17, 15) is 4.79 Å². The Kier molecular flexibility index (Phi) is 4.76. The minimum atomic E-state index is 0.144. The smallest absolute Gasteiger partial charge is 0.214 e. The molecule has 1 saturated heterocycles. The highest BCUT2D eigenvalue weighted by atomic mass is 32.2. The van der Waals surface area contributed by atoms with Gasteiger partial charge in [0, 0.05) is 21.3 Å². The average molecular weight is 234 g/mol. The second-order valence-electron chi connectivity index (χ2n) is 3.04. The Hall–Kier alpha value is 0.460. The lowest BCUT2D eigenvalue weighted by atomic mass is 10.4. The highest BCUT2D eigenvalue weighted by molar-refractivity contribution is 8.21. The fraction of sp³-hybridized carbons (Fsp3) is 0.667. The van der Waals surface area contributed by atoms with Crippen LogP contribution in [0.4, 0.5) is 0 Å². The van der Waals surface area contributed by atoms with Crippen LogP contribution in [0.3, 0.4) is 0 Å². The van der Waals surface area contributed by atoms with Crippen LogP contribution in [0.2, 0.25) is 0 Å². The van der Waals surface area contributed by atoms with Gasteiger partial charge in [-0.2, -0.15) is 0 Å². The highest BCUT2D eigenvalue weighted by Gasteiger charge is 2.23. The molecule has 0 radical (unpaired) electrons. The summed E-state index contributed by atoms with van der Waals surface area (Å²) in [7, 11) is 0. The van der Waals surface area contributed by atoms with Crippen molar-refractivity contribution < 1.29 is 4.79 Å². The highest BCUT2D eigenvalue weighted by Crippen LogP contribution is 2.38. The maximum Gasteiger partial charge on any atom is 0.214 e. The van der Waals surface area contributed by atoms with Crippen molar-refractivity contribution in [1.29, 1.82) is 0 Å². The number of carbonyl (C=O) groups excluding carboxylic acids is 1. The van der Waals surface area contributed by atoms with Crippen molar-refractivity contribution >= 4 is 40.4 Å². The van der Waals surface area contributed by atoms with Gasteiger partial charge < -0.3 is 0 Å². The van der Waals surface area contributed by atoms with Crippen molar-refractivity contribution in [2.75, 3.05) is 11.5 Å². The van der Waals surface area contributed by atoms with E-state index < -0.39 is 0 Å². The summed E-state index contributed by atoms with van der Waals surface area (Å²) in [5.41, 5.74) is 0.661. The Balaban J connectivity index is 2.20. The predicted molar refractivity (Wildman–Crippen MR) is 65.6 cm³/mol. The lowest BCUT2D eigenvalue weighted by Crippen LogP contribution is -2.07. The maximum absolute atomic E-state index is 11.2. The third kappa shape index (κ3) is 4.00. The largest absolute Gasteiger partial charge is 0.282 e. The van der Waals surface area contributed by atoms with Crippen molar-refractivity contribution in [3.05, 3.63) is 12.2 Å². The van der Waals surface area contributed by atoms with Crippen LogP contribution in [0.25, 0.3) is 0 Å². The molecular weight excluding hydrogens is 220 g/mol. The Bertz CT molecular complexity index is 215. The van der Waals surface area contributed by atoms with E-state index in [2.05, 4.69) is 13.5 Å². The first-order chi connectivity index (χ1) is 6.09. The molecule has 1 nitrogen and oxygen atoms in total. The molecule has 74 valence electrons. The molecule has 2 atom stereocenters. The minimum Gasteiger partial charge on any atom is -0.282 e. The fourth-order valence-corrected chi connectivity index (χ4v) is 5.06. The first-order valence-electron chi connectivity index (χ1n) is 4.19. The Labute approximate surface area is 92.5 Å². The van der Waals surface area contributed by atoms with Crippen LogP contribution in [0.15, 0.2) is 12.2 Å². The number of carbonyl (C=O) groups is 1. The van der Waals surface area contributed by atoms with Gasteiger partial charge in [0.2, 0.25) is 5.12 Å². The van der Waals surface area contributed by atoms with Gasteiger partial charge in [0.15, 0.2) is 0 Å². The molecule has 1 heterocycles. The van der Waals surface area contributed by atoms with Gasteiger partial charge >= 0.3 is 0 Å². The third-order valence-corrected chi connectivity index (χ3v) is 6.16. The van der Waals surface area contributed by atoms with E-state index in [0.717, 1.165) is 5.75 Å². The van der Waals surface area contributed by atoms with Crippen molar-refractivity contribution in [2.45, 2.75) is 23.7 Å². The Morgan fingerprint density at radius 2 is 2.38 bits per heavy atom. The molecule has 0 saturated carbocycles. The lowest BCUT2D eigenvalue weighted by molar-refractivity contribution is -0.107. The molecule has 0 aliphatic carbocycles. The molecule has 0 N–H and O–H groups in total. The first kappa shape index (κ1) is 11.5.